The lowest BCUT2D eigenvalue weighted by atomic mass is 10.0. The van der Waals surface area contributed by atoms with Crippen molar-refractivity contribution in [1.29, 1.82) is 0 Å². The number of carbonyl (C=O) groups excluding carboxylic acids is 2. The van der Waals surface area contributed by atoms with Gasteiger partial charge in [0.05, 0.1) is 30.9 Å². The summed E-state index contributed by atoms with van der Waals surface area (Å²) in [5, 5.41) is 0.696. The first kappa shape index (κ1) is 23.3. The normalized spacial score (nSPS) is 19.8. The van der Waals surface area contributed by atoms with Gasteiger partial charge in [-0.25, -0.2) is 4.79 Å². The SMILES string of the molecule is COC(=O)C1=C(C)N(CC2CCCO2)C(=O)C1=Cc1cc(C)n(-c2ccc(C)c(Cl)c2)c1C. The lowest BCUT2D eigenvalue weighted by Gasteiger charge is -2.21. The van der Waals surface area contributed by atoms with Crippen LogP contribution in [0, 0.1) is 20.8 Å². The number of benzene rings is 1. The molecular weight excluding hydrogens is 440 g/mol. The van der Waals surface area contributed by atoms with Crippen LogP contribution in [0.3, 0.4) is 0 Å². The fraction of sp³-hybridized carbons (Fsp3) is 0.385. The molecular formula is C26H29ClN2O4. The van der Waals surface area contributed by atoms with E-state index < -0.39 is 5.97 Å². The highest BCUT2D eigenvalue weighted by Gasteiger charge is 2.38. The van der Waals surface area contributed by atoms with Crippen molar-refractivity contribution in [3.63, 3.8) is 0 Å². The maximum atomic E-state index is 13.4. The van der Waals surface area contributed by atoms with E-state index in [1.165, 1.54) is 7.11 Å². The molecule has 0 saturated carbocycles. The van der Waals surface area contributed by atoms with E-state index in [1.807, 2.05) is 45.0 Å². The minimum absolute atomic E-state index is 0.0153. The number of hydrogen-bond acceptors (Lipinski definition) is 4. The van der Waals surface area contributed by atoms with Crippen molar-refractivity contribution in [2.75, 3.05) is 20.3 Å². The summed E-state index contributed by atoms with van der Waals surface area (Å²) in [4.78, 5) is 27.7. The first-order chi connectivity index (χ1) is 15.7. The second-order valence-electron chi connectivity index (χ2n) is 8.66. The summed E-state index contributed by atoms with van der Waals surface area (Å²) in [6, 6.07) is 7.95. The van der Waals surface area contributed by atoms with Crippen molar-refractivity contribution in [2.24, 2.45) is 0 Å². The highest BCUT2D eigenvalue weighted by Crippen LogP contribution is 2.34. The summed E-state index contributed by atoms with van der Waals surface area (Å²) in [6.07, 6.45) is 3.67. The molecule has 1 amide bonds. The average molecular weight is 469 g/mol. The fourth-order valence-corrected chi connectivity index (χ4v) is 4.82. The smallest absolute Gasteiger partial charge is 0.340 e. The molecule has 4 rings (SSSR count). The Morgan fingerprint density at radius 1 is 1.24 bits per heavy atom. The Hall–Kier alpha value is -2.83. The predicted octanol–water partition coefficient (Wildman–Crippen LogP) is 4.91. The molecule has 1 unspecified atom stereocenters. The lowest BCUT2D eigenvalue weighted by molar-refractivity contribution is -0.136. The fourth-order valence-electron chi connectivity index (χ4n) is 4.65. The van der Waals surface area contributed by atoms with Gasteiger partial charge in [-0.2, -0.15) is 0 Å². The molecule has 0 N–H and O–H groups in total. The third-order valence-electron chi connectivity index (χ3n) is 6.50. The van der Waals surface area contributed by atoms with E-state index in [2.05, 4.69) is 4.57 Å². The van der Waals surface area contributed by atoms with Crippen LogP contribution in [0.2, 0.25) is 5.02 Å². The van der Waals surface area contributed by atoms with Crippen LogP contribution in [0.25, 0.3) is 11.8 Å². The molecule has 6 nitrogen and oxygen atoms in total. The molecule has 1 fully saturated rings. The van der Waals surface area contributed by atoms with Crippen molar-refractivity contribution in [1.82, 2.24) is 9.47 Å². The predicted molar refractivity (Wildman–Crippen MR) is 128 cm³/mol. The van der Waals surface area contributed by atoms with Crippen molar-refractivity contribution in [3.05, 3.63) is 68.6 Å². The molecule has 1 aromatic carbocycles. The summed E-state index contributed by atoms with van der Waals surface area (Å²) in [7, 11) is 1.33. The van der Waals surface area contributed by atoms with Gasteiger partial charge >= 0.3 is 5.97 Å². The zero-order valence-corrected chi connectivity index (χ0v) is 20.5. The Labute approximate surface area is 199 Å². The summed E-state index contributed by atoms with van der Waals surface area (Å²) in [5.41, 5.74) is 6.03. The van der Waals surface area contributed by atoms with Gasteiger partial charge in [0, 0.05) is 34.4 Å². The van der Waals surface area contributed by atoms with Gasteiger partial charge in [-0.15, -0.1) is 0 Å². The van der Waals surface area contributed by atoms with Gasteiger partial charge in [0.2, 0.25) is 0 Å². The monoisotopic (exact) mass is 468 g/mol. The number of nitrogens with zero attached hydrogens (tertiary/aromatic N) is 2. The van der Waals surface area contributed by atoms with Gasteiger partial charge in [-0.1, -0.05) is 17.7 Å². The maximum Gasteiger partial charge on any atom is 0.340 e. The van der Waals surface area contributed by atoms with Gasteiger partial charge in [-0.05, 0) is 75.9 Å². The molecule has 0 bridgehead atoms. The molecule has 0 aliphatic carbocycles. The third kappa shape index (κ3) is 4.25. The molecule has 2 aliphatic heterocycles. The standard InChI is InChI=1S/C26H29ClN2O4/c1-15-8-9-20(13-23(15)27)29-16(2)11-19(17(29)3)12-22-24(26(31)32-5)18(4)28(25(22)30)14-21-7-6-10-33-21/h8-9,11-13,21H,6-7,10,14H2,1-5H3. The zero-order valence-electron chi connectivity index (χ0n) is 19.7. The van der Waals surface area contributed by atoms with Crippen LogP contribution >= 0.6 is 11.6 Å². The topological polar surface area (TPSA) is 60.8 Å². The van der Waals surface area contributed by atoms with E-state index >= 15 is 0 Å². The van der Waals surface area contributed by atoms with Gasteiger partial charge in [-0.3, -0.25) is 4.79 Å². The Kier molecular flexibility index (Phi) is 6.50. The van der Waals surface area contributed by atoms with Crippen LogP contribution in [0.15, 0.2) is 41.1 Å². The molecule has 1 saturated heterocycles. The minimum Gasteiger partial charge on any atom is -0.465 e. The Bertz CT molecular complexity index is 1190. The second-order valence-corrected chi connectivity index (χ2v) is 9.06. The Morgan fingerprint density at radius 2 is 2.00 bits per heavy atom. The molecule has 0 radical (unpaired) electrons. The number of halogens is 1. The lowest BCUT2D eigenvalue weighted by Crippen LogP contribution is -2.33. The number of allylic oxidation sites excluding steroid dienone is 1. The van der Waals surface area contributed by atoms with Crippen LogP contribution < -0.4 is 0 Å². The molecule has 2 aliphatic rings. The number of ether oxygens (including phenoxy) is 2. The van der Waals surface area contributed by atoms with Crippen LogP contribution in [-0.2, 0) is 19.1 Å². The molecule has 33 heavy (non-hydrogen) atoms. The summed E-state index contributed by atoms with van der Waals surface area (Å²) in [5.74, 6) is -0.715. The van der Waals surface area contributed by atoms with E-state index in [4.69, 9.17) is 21.1 Å². The average Bonchev–Trinajstić information content (AvgIpc) is 3.45. The summed E-state index contributed by atoms with van der Waals surface area (Å²) in [6.45, 7) is 8.89. The first-order valence-corrected chi connectivity index (χ1v) is 11.5. The van der Waals surface area contributed by atoms with Crippen molar-refractivity contribution < 1.29 is 19.1 Å². The quantitative estimate of drug-likeness (QED) is 0.462. The van der Waals surface area contributed by atoms with Gasteiger partial charge in [0.25, 0.3) is 5.91 Å². The maximum absolute atomic E-state index is 13.4. The number of hydrogen-bond donors (Lipinski definition) is 0. The number of aromatic nitrogens is 1. The third-order valence-corrected chi connectivity index (χ3v) is 6.90. The number of amides is 1. The molecule has 0 spiro atoms. The number of rotatable bonds is 5. The molecule has 1 atom stereocenters. The first-order valence-electron chi connectivity index (χ1n) is 11.1. The van der Waals surface area contributed by atoms with Gasteiger partial charge in [0.15, 0.2) is 0 Å². The van der Waals surface area contributed by atoms with E-state index in [1.54, 1.807) is 17.9 Å². The summed E-state index contributed by atoms with van der Waals surface area (Å²) >= 11 is 6.36. The largest absolute Gasteiger partial charge is 0.465 e. The number of carbonyl (C=O) groups is 2. The summed E-state index contributed by atoms with van der Waals surface area (Å²) < 4.78 is 12.8. The minimum atomic E-state index is -0.513. The highest BCUT2D eigenvalue weighted by atomic mass is 35.5. The number of aryl methyl sites for hydroxylation is 2. The van der Waals surface area contributed by atoms with Crippen molar-refractivity contribution in [2.45, 2.75) is 46.6 Å². The second kappa shape index (κ2) is 9.20. The zero-order chi connectivity index (χ0) is 23.9. The van der Waals surface area contributed by atoms with Crippen LogP contribution in [0.5, 0.6) is 0 Å². The molecule has 3 heterocycles. The molecule has 174 valence electrons. The Morgan fingerprint density at radius 3 is 2.64 bits per heavy atom. The highest BCUT2D eigenvalue weighted by molar-refractivity contribution is 6.31. The molecule has 1 aromatic heterocycles. The van der Waals surface area contributed by atoms with Gasteiger partial charge < -0.3 is 18.9 Å². The van der Waals surface area contributed by atoms with Crippen LogP contribution in [-0.4, -0.2) is 47.7 Å². The Balaban J connectivity index is 1.76. The van der Waals surface area contributed by atoms with E-state index in [-0.39, 0.29) is 12.0 Å². The van der Waals surface area contributed by atoms with Crippen molar-refractivity contribution >= 4 is 29.6 Å². The number of methoxy groups -OCH3 is 1. The molecule has 2 aromatic rings. The van der Waals surface area contributed by atoms with E-state index in [0.29, 0.717) is 35.0 Å². The van der Waals surface area contributed by atoms with Crippen LogP contribution in [0.1, 0.15) is 42.3 Å². The van der Waals surface area contributed by atoms with E-state index in [0.717, 1.165) is 41.0 Å². The van der Waals surface area contributed by atoms with Crippen molar-refractivity contribution in [3.8, 4) is 5.69 Å². The molecule has 7 heteroatoms. The van der Waals surface area contributed by atoms with Gasteiger partial charge in [0.1, 0.15) is 0 Å². The van der Waals surface area contributed by atoms with Crippen LogP contribution in [0.4, 0.5) is 0 Å². The van der Waals surface area contributed by atoms with E-state index in [9.17, 15) is 9.59 Å². The number of esters is 1.